The maximum Gasteiger partial charge on any atom is 0.281 e. The van der Waals surface area contributed by atoms with Crippen LogP contribution in [0.5, 0.6) is 5.75 Å². The van der Waals surface area contributed by atoms with Crippen molar-refractivity contribution in [2.75, 3.05) is 6.61 Å². The molecule has 0 aliphatic carbocycles. The average Bonchev–Trinajstić information content (AvgIpc) is 3.02. The van der Waals surface area contributed by atoms with Crippen LogP contribution in [0.3, 0.4) is 0 Å². The largest absolute Gasteiger partial charge is 0.490 e. The highest BCUT2D eigenvalue weighted by atomic mass is 79.9. The lowest BCUT2D eigenvalue weighted by molar-refractivity contribution is 0.0959. The molecule has 0 aliphatic rings. The standard InChI is InChI=1S/C15H13BrN2O2S/c1-2-7-20-12-5-6-13(16)11(9-12)10-17-18-15(19)14-4-3-8-21-14/h2-6,8-10H,1,7H2,(H,18,19)/b17-10-. The highest BCUT2D eigenvalue weighted by Crippen LogP contribution is 2.21. The number of benzene rings is 1. The molecule has 1 aromatic heterocycles. The second-order valence-electron chi connectivity index (χ2n) is 3.96. The Morgan fingerprint density at radius 1 is 1.48 bits per heavy atom. The van der Waals surface area contributed by atoms with Crippen molar-refractivity contribution in [3.8, 4) is 5.75 Å². The summed E-state index contributed by atoms with van der Waals surface area (Å²) in [6, 6.07) is 9.10. The van der Waals surface area contributed by atoms with Gasteiger partial charge in [-0.25, -0.2) is 5.43 Å². The monoisotopic (exact) mass is 364 g/mol. The lowest BCUT2D eigenvalue weighted by atomic mass is 10.2. The van der Waals surface area contributed by atoms with Crippen molar-refractivity contribution in [2.24, 2.45) is 5.10 Å². The molecule has 21 heavy (non-hydrogen) atoms. The van der Waals surface area contributed by atoms with E-state index in [4.69, 9.17) is 4.74 Å². The van der Waals surface area contributed by atoms with Crippen LogP contribution in [0.1, 0.15) is 15.2 Å². The zero-order chi connectivity index (χ0) is 15.1. The minimum absolute atomic E-state index is 0.226. The smallest absolute Gasteiger partial charge is 0.281 e. The van der Waals surface area contributed by atoms with Crippen molar-refractivity contribution < 1.29 is 9.53 Å². The maximum absolute atomic E-state index is 11.7. The molecule has 1 aromatic carbocycles. The molecule has 0 spiro atoms. The Morgan fingerprint density at radius 2 is 2.33 bits per heavy atom. The van der Waals surface area contributed by atoms with Crippen LogP contribution in [-0.2, 0) is 0 Å². The van der Waals surface area contributed by atoms with E-state index in [1.165, 1.54) is 11.3 Å². The minimum atomic E-state index is -0.226. The van der Waals surface area contributed by atoms with Crippen LogP contribution < -0.4 is 10.2 Å². The Balaban J connectivity index is 2.02. The summed E-state index contributed by atoms with van der Waals surface area (Å²) >= 11 is 4.79. The number of amides is 1. The van der Waals surface area contributed by atoms with E-state index in [0.29, 0.717) is 17.2 Å². The number of hydrogen-bond donors (Lipinski definition) is 1. The molecule has 2 rings (SSSR count). The number of rotatable bonds is 6. The van der Waals surface area contributed by atoms with Gasteiger partial charge in [0.05, 0.1) is 11.1 Å². The molecule has 6 heteroatoms. The summed E-state index contributed by atoms with van der Waals surface area (Å²) in [6.07, 6.45) is 3.24. The summed E-state index contributed by atoms with van der Waals surface area (Å²) in [4.78, 5) is 12.3. The molecule has 0 fully saturated rings. The summed E-state index contributed by atoms with van der Waals surface area (Å²) in [5, 5.41) is 5.80. The Morgan fingerprint density at radius 3 is 3.05 bits per heavy atom. The number of thiophene rings is 1. The topological polar surface area (TPSA) is 50.7 Å². The fourth-order valence-corrected chi connectivity index (χ4v) is 2.45. The van der Waals surface area contributed by atoms with Gasteiger partial charge in [-0.3, -0.25) is 4.79 Å². The molecule has 0 unspecified atom stereocenters. The predicted octanol–water partition coefficient (Wildman–Crippen LogP) is 3.84. The number of carbonyl (C=O) groups excluding carboxylic acids is 1. The lowest BCUT2D eigenvalue weighted by Crippen LogP contribution is -2.16. The molecule has 0 radical (unpaired) electrons. The molecule has 0 saturated carbocycles. The van der Waals surface area contributed by atoms with Gasteiger partial charge in [-0.1, -0.05) is 34.7 Å². The Hall–Kier alpha value is -1.92. The van der Waals surface area contributed by atoms with E-state index in [1.54, 1.807) is 18.4 Å². The van der Waals surface area contributed by atoms with Crippen molar-refractivity contribution in [3.63, 3.8) is 0 Å². The SMILES string of the molecule is C=CCOc1ccc(Br)c(/C=N\NC(=O)c2cccs2)c1. The quantitative estimate of drug-likeness (QED) is 0.480. The molecule has 1 heterocycles. The number of ether oxygens (including phenoxy) is 1. The van der Waals surface area contributed by atoms with Crippen LogP contribution in [0.2, 0.25) is 0 Å². The molecule has 0 bridgehead atoms. The number of nitrogens with zero attached hydrogens (tertiary/aromatic N) is 1. The minimum Gasteiger partial charge on any atom is -0.490 e. The first-order chi connectivity index (χ1) is 10.2. The van der Waals surface area contributed by atoms with Crippen LogP contribution in [0.25, 0.3) is 0 Å². The zero-order valence-electron chi connectivity index (χ0n) is 11.1. The normalized spacial score (nSPS) is 10.5. The van der Waals surface area contributed by atoms with E-state index >= 15 is 0 Å². The van der Waals surface area contributed by atoms with Crippen LogP contribution in [-0.4, -0.2) is 18.7 Å². The summed E-state index contributed by atoms with van der Waals surface area (Å²) in [5.41, 5.74) is 3.29. The second-order valence-corrected chi connectivity index (χ2v) is 5.76. The van der Waals surface area contributed by atoms with E-state index in [9.17, 15) is 4.79 Å². The number of hydrogen-bond acceptors (Lipinski definition) is 4. The van der Waals surface area contributed by atoms with Gasteiger partial charge in [0, 0.05) is 10.0 Å². The maximum atomic E-state index is 11.7. The van der Waals surface area contributed by atoms with Gasteiger partial charge in [0.15, 0.2) is 0 Å². The molecule has 0 saturated heterocycles. The van der Waals surface area contributed by atoms with E-state index in [0.717, 1.165) is 10.0 Å². The van der Waals surface area contributed by atoms with E-state index < -0.39 is 0 Å². The lowest BCUT2D eigenvalue weighted by Gasteiger charge is -2.05. The number of hydrazone groups is 1. The Bertz CT molecular complexity index is 654. The predicted molar refractivity (Wildman–Crippen MR) is 89.2 cm³/mol. The van der Waals surface area contributed by atoms with Gasteiger partial charge in [-0.15, -0.1) is 11.3 Å². The molecule has 0 atom stereocenters. The molecule has 108 valence electrons. The molecule has 1 N–H and O–H groups in total. The summed E-state index contributed by atoms with van der Waals surface area (Å²) in [6.45, 7) is 4.04. The van der Waals surface area contributed by atoms with Crippen molar-refractivity contribution in [3.05, 3.63) is 63.3 Å². The molecule has 1 amide bonds. The van der Waals surface area contributed by atoms with Crippen molar-refractivity contribution in [1.82, 2.24) is 5.43 Å². The summed E-state index contributed by atoms with van der Waals surface area (Å²) in [7, 11) is 0. The zero-order valence-corrected chi connectivity index (χ0v) is 13.5. The summed E-state index contributed by atoms with van der Waals surface area (Å²) in [5.74, 6) is 0.487. The molecule has 4 nitrogen and oxygen atoms in total. The van der Waals surface area contributed by atoms with E-state index in [1.807, 2.05) is 29.6 Å². The highest BCUT2D eigenvalue weighted by Gasteiger charge is 2.04. The molecule has 2 aromatic rings. The molecular formula is C15H13BrN2O2S. The van der Waals surface area contributed by atoms with Crippen molar-refractivity contribution >= 4 is 39.4 Å². The first kappa shape index (κ1) is 15.5. The van der Waals surface area contributed by atoms with Gasteiger partial charge in [0.1, 0.15) is 12.4 Å². The summed E-state index contributed by atoms with van der Waals surface area (Å²) < 4.78 is 6.31. The second kappa shape index (κ2) is 7.75. The fourth-order valence-electron chi connectivity index (χ4n) is 1.49. The van der Waals surface area contributed by atoms with E-state index in [2.05, 4.69) is 33.0 Å². The number of carbonyl (C=O) groups is 1. The van der Waals surface area contributed by atoms with Crippen LogP contribution in [0.4, 0.5) is 0 Å². The van der Waals surface area contributed by atoms with Crippen molar-refractivity contribution in [2.45, 2.75) is 0 Å². The number of halogens is 1. The molecular weight excluding hydrogens is 352 g/mol. The van der Waals surface area contributed by atoms with Crippen LogP contribution >= 0.6 is 27.3 Å². The van der Waals surface area contributed by atoms with E-state index in [-0.39, 0.29) is 5.91 Å². The van der Waals surface area contributed by atoms with Crippen LogP contribution in [0, 0.1) is 0 Å². The Kier molecular flexibility index (Phi) is 5.71. The Labute approximate surface area is 135 Å². The van der Waals surface area contributed by atoms with Crippen LogP contribution in [0.15, 0.2) is 57.9 Å². The first-order valence-electron chi connectivity index (χ1n) is 6.11. The molecule has 0 aliphatic heterocycles. The van der Waals surface area contributed by atoms with Gasteiger partial charge in [0.2, 0.25) is 0 Å². The highest BCUT2D eigenvalue weighted by molar-refractivity contribution is 9.10. The third-order valence-corrected chi connectivity index (χ3v) is 4.04. The van der Waals surface area contributed by atoms with Gasteiger partial charge < -0.3 is 4.74 Å². The van der Waals surface area contributed by atoms with Gasteiger partial charge >= 0.3 is 0 Å². The van der Waals surface area contributed by atoms with Gasteiger partial charge in [0.25, 0.3) is 5.91 Å². The average molecular weight is 365 g/mol. The number of nitrogens with one attached hydrogen (secondary N) is 1. The van der Waals surface area contributed by atoms with Crippen molar-refractivity contribution in [1.29, 1.82) is 0 Å². The van der Waals surface area contributed by atoms with Gasteiger partial charge in [-0.2, -0.15) is 5.10 Å². The van der Waals surface area contributed by atoms with Gasteiger partial charge in [-0.05, 0) is 29.6 Å². The third kappa shape index (κ3) is 4.54. The fraction of sp³-hybridized carbons (Fsp3) is 0.0667. The third-order valence-electron chi connectivity index (χ3n) is 2.45. The first-order valence-corrected chi connectivity index (χ1v) is 7.78.